The van der Waals surface area contributed by atoms with Crippen LogP contribution in [-0.2, 0) is 9.84 Å². The predicted octanol–water partition coefficient (Wildman–Crippen LogP) is 4.39. The van der Waals surface area contributed by atoms with Crippen molar-refractivity contribution < 1.29 is 13.5 Å². The lowest BCUT2D eigenvalue weighted by molar-refractivity contribution is 0.457. The Morgan fingerprint density at radius 3 is 2.24 bits per heavy atom. The Hall–Kier alpha value is -2.53. The average Bonchev–Trinajstić information content (AvgIpc) is 2.54. The first kappa shape index (κ1) is 17.3. The summed E-state index contributed by atoms with van der Waals surface area (Å²) < 4.78 is 26.7. The van der Waals surface area contributed by atoms with Crippen LogP contribution in [-0.4, -0.2) is 13.5 Å². The van der Waals surface area contributed by atoms with E-state index in [1.165, 1.54) is 12.1 Å². The van der Waals surface area contributed by atoms with Crippen LogP contribution in [0.2, 0.25) is 0 Å². The number of anilines is 1. The van der Waals surface area contributed by atoms with Gasteiger partial charge < -0.3 is 10.8 Å². The molecule has 0 saturated heterocycles. The Bertz CT molecular complexity index is 1070. The summed E-state index contributed by atoms with van der Waals surface area (Å²) in [6.07, 6.45) is 0. The maximum absolute atomic E-state index is 13.4. The van der Waals surface area contributed by atoms with Crippen molar-refractivity contribution in [1.29, 1.82) is 0 Å². The Morgan fingerprint density at radius 2 is 1.60 bits per heavy atom. The molecule has 0 saturated carbocycles. The molecule has 130 valence electrons. The van der Waals surface area contributed by atoms with Gasteiger partial charge in [-0.25, -0.2) is 8.42 Å². The van der Waals surface area contributed by atoms with Crippen molar-refractivity contribution in [2.75, 3.05) is 5.73 Å². The molecule has 0 bridgehead atoms. The lowest BCUT2D eigenvalue weighted by atomic mass is 9.98. The van der Waals surface area contributed by atoms with E-state index in [0.717, 1.165) is 5.56 Å². The molecule has 0 aliphatic carbocycles. The zero-order valence-corrected chi connectivity index (χ0v) is 15.3. The highest BCUT2D eigenvalue weighted by Gasteiger charge is 2.27. The third-order valence-corrected chi connectivity index (χ3v) is 6.51. The first-order valence-corrected chi connectivity index (χ1v) is 9.58. The molecule has 0 spiro atoms. The number of fused-ring (bicyclic) bond motifs is 1. The van der Waals surface area contributed by atoms with E-state index in [0.29, 0.717) is 22.0 Å². The molecule has 0 atom stereocenters. The van der Waals surface area contributed by atoms with Gasteiger partial charge in [-0.2, -0.15) is 0 Å². The third-order valence-electron chi connectivity index (χ3n) is 4.53. The molecule has 3 rings (SSSR count). The van der Waals surface area contributed by atoms with Crippen molar-refractivity contribution in [3.8, 4) is 5.75 Å². The monoisotopic (exact) mass is 355 g/mol. The topological polar surface area (TPSA) is 80.4 Å². The van der Waals surface area contributed by atoms with Crippen molar-refractivity contribution in [3.05, 3.63) is 59.7 Å². The van der Waals surface area contributed by atoms with Gasteiger partial charge in [-0.15, -0.1) is 0 Å². The first-order chi connectivity index (χ1) is 11.7. The minimum Gasteiger partial charge on any atom is -0.507 e. The molecular formula is C20H21NO3S. The Morgan fingerprint density at radius 1 is 0.960 bits per heavy atom. The van der Waals surface area contributed by atoms with E-state index in [2.05, 4.69) is 0 Å². The van der Waals surface area contributed by atoms with Gasteiger partial charge in [0.25, 0.3) is 0 Å². The number of benzene rings is 3. The van der Waals surface area contributed by atoms with E-state index in [1.54, 1.807) is 37.3 Å². The number of sulfone groups is 1. The van der Waals surface area contributed by atoms with Gasteiger partial charge in [-0.3, -0.25) is 0 Å². The molecule has 0 amide bonds. The molecule has 3 N–H and O–H groups in total. The summed E-state index contributed by atoms with van der Waals surface area (Å²) in [5.74, 6) is -0.0829. The molecule has 3 aromatic rings. The lowest BCUT2D eigenvalue weighted by Crippen LogP contribution is -2.08. The van der Waals surface area contributed by atoms with Crippen LogP contribution in [0.5, 0.6) is 5.75 Å². The maximum atomic E-state index is 13.4. The fourth-order valence-corrected chi connectivity index (χ4v) is 5.10. The van der Waals surface area contributed by atoms with Gasteiger partial charge in [0.05, 0.1) is 4.90 Å². The van der Waals surface area contributed by atoms with Gasteiger partial charge in [0.15, 0.2) is 0 Å². The molecule has 0 aliphatic rings. The van der Waals surface area contributed by atoms with E-state index < -0.39 is 9.84 Å². The van der Waals surface area contributed by atoms with E-state index in [-0.39, 0.29) is 21.5 Å². The maximum Gasteiger partial charge on any atom is 0.211 e. The number of phenols is 1. The second-order valence-corrected chi connectivity index (χ2v) is 8.34. The van der Waals surface area contributed by atoms with Gasteiger partial charge in [0.1, 0.15) is 10.6 Å². The number of nitrogens with two attached hydrogens (primary N) is 1. The molecule has 5 heteroatoms. The standard InChI is InChI=1S/C20H21NO3S/c1-12(2)14-8-10-18(22)20(13(14)3)25(23,24)19-11-9-17(21)15-6-4-5-7-16(15)19/h4-12,22H,21H2,1-3H3. The molecule has 0 unspecified atom stereocenters. The van der Waals surface area contributed by atoms with Crippen molar-refractivity contribution in [2.24, 2.45) is 0 Å². The minimum atomic E-state index is -3.91. The highest BCUT2D eigenvalue weighted by atomic mass is 32.2. The van der Waals surface area contributed by atoms with E-state index in [1.807, 2.05) is 19.9 Å². The SMILES string of the molecule is Cc1c(C(C)C)ccc(O)c1S(=O)(=O)c1ccc(N)c2ccccc12. The van der Waals surface area contributed by atoms with Crippen molar-refractivity contribution >= 4 is 26.3 Å². The smallest absolute Gasteiger partial charge is 0.211 e. The van der Waals surface area contributed by atoms with Crippen molar-refractivity contribution in [3.63, 3.8) is 0 Å². The third kappa shape index (κ3) is 2.74. The van der Waals surface area contributed by atoms with Crippen LogP contribution in [0.3, 0.4) is 0 Å². The summed E-state index contributed by atoms with van der Waals surface area (Å²) in [6, 6.07) is 13.4. The molecule has 0 fully saturated rings. The van der Waals surface area contributed by atoms with Crippen molar-refractivity contribution in [1.82, 2.24) is 0 Å². The summed E-state index contributed by atoms with van der Waals surface area (Å²) >= 11 is 0. The zero-order valence-electron chi connectivity index (χ0n) is 14.4. The van der Waals surface area contributed by atoms with Crippen LogP contribution in [0, 0.1) is 6.92 Å². The molecule has 0 heterocycles. The normalized spacial score (nSPS) is 12.0. The number of phenolic OH excluding ortho intramolecular Hbond substituents is 1. The number of hydrogen-bond acceptors (Lipinski definition) is 4. The molecule has 3 aromatic carbocycles. The summed E-state index contributed by atoms with van der Waals surface area (Å²) in [4.78, 5) is 0.116. The van der Waals surface area contributed by atoms with Gasteiger partial charge in [-0.05, 0) is 42.2 Å². The number of rotatable bonds is 3. The quantitative estimate of drug-likeness (QED) is 0.683. The van der Waals surface area contributed by atoms with Gasteiger partial charge >= 0.3 is 0 Å². The Balaban J connectivity index is 2.37. The summed E-state index contributed by atoms with van der Waals surface area (Å²) in [6.45, 7) is 5.73. The summed E-state index contributed by atoms with van der Waals surface area (Å²) in [7, 11) is -3.91. The van der Waals surface area contributed by atoms with Gasteiger partial charge in [-0.1, -0.05) is 44.2 Å². The van der Waals surface area contributed by atoms with Gasteiger partial charge in [0, 0.05) is 16.5 Å². The van der Waals surface area contributed by atoms with Crippen LogP contribution < -0.4 is 5.73 Å². The van der Waals surface area contributed by atoms with Crippen LogP contribution in [0.4, 0.5) is 5.69 Å². The number of hydrogen-bond donors (Lipinski definition) is 2. The average molecular weight is 355 g/mol. The highest BCUT2D eigenvalue weighted by molar-refractivity contribution is 7.92. The molecule has 0 aliphatic heterocycles. The number of aromatic hydroxyl groups is 1. The molecule has 0 aromatic heterocycles. The van der Waals surface area contributed by atoms with E-state index >= 15 is 0 Å². The van der Waals surface area contributed by atoms with Crippen LogP contribution >= 0.6 is 0 Å². The Labute approximate surface area is 147 Å². The second-order valence-electron chi connectivity index (χ2n) is 6.48. The largest absolute Gasteiger partial charge is 0.507 e. The second kappa shape index (κ2) is 6.08. The van der Waals surface area contributed by atoms with Crippen LogP contribution in [0.15, 0.2) is 58.3 Å². The molecule has 4 nitrogen and oxygen atoms in total. The Kier molecular flexibility index (Phi) is 4.21. The zero-order chi connectivity index (χ0) is 18.4. The summed E-state index contributed by atoms with van der Waals surface area (Å²) in [5, 5.41) is 11.6. The van der Waals surface area contributed by atoms with Crippen molar-refractivity contribution in [2.45, 2.75) is 36.5 Å². The molecular weight excluding hydrogens is 334 g/mol. The summed E-state index contributed by atoms with van der Waals surface area (Å²) in [5.41, 5.74) is 7.99. The number of nitrogen functional groups attached to an aromatic ring is 1. The van der Waals surface area contributed by atoms with E-state index in [4.69, 9.17) is 5.73 Å². The fraction of sp³-hybridized carbons (Fsp3) is 0.200. The molecule has 25 heavy (non-hydrogen) atoms. The first-order valence-electron chi connectivity index (χ1n) is 8.10. The van der Waals surface area contributed by atoms with Gasteiger partial charge in [0.2, 0.25) is 9.84 Å². The highest BCUT2D eigenvalue weighted by Crippen LogP contribution is 2.38. The van der Waals surface area contributed by atoms with E-state index in [9.17, 15) is 13.5 Å². The molecule has 0 radical (unpaired) electrons. The lowest BCUT2D eigenvalue weighted by Gasteiger charge is -2.17. The van der Waals surface area contributed by atoms with Crippen LogP contribution in [0.25, 0.3) is 10.8 Å². The fourth-order valence-electron chi connectivity index (χ4n) is 3.30. The van der Waals surface area contributed by atoms with Crippen LogP contribution in [0.1, 0.15) is 30.9 Å². The predicted molar refractivity (Wildman–Crippen MR) is 101 cm³/mol. The minimum absolute atomic E-state index is 0.0337.